The first-order valence-electron chi connectivity index (χ1n) is 4.24. The summed E-state index contributed by atoms with van der Waals surface area (Å²) in [5.74, 6) is -2.19. The third-order valence-electron chi connectivity index (χ3n) is 2.25. The molecule has 3 nitrogen and oxygen atoms in total. The molecule has 0 amide bonds. The van der Waals surface area contributed by atoms with Crippen molar-refractivity contribution in [3.05, 3.63) is 41.0 Å². The van der Waals surface area contributed by atoms with E-state index in [0.717, 1.165) is 11.1 Å². The number of rotatable bonds is 2. The number of carboxylic acids is 1. The highest BCUT2D eigenvalue weighted by atomic mass is 16.4. The fourth-order valence-electron chi connectivity index (χ4n) is 1.56. The summed E-state index contributed by atoms with van der Waals surface area (Å²) in [6.45, 7) is 0. The number of Topliss-reactive ketones (excluding diaryl/α,β-unsaturated/α-hetero) is 1. The van der Waals surface area contributed by atoms with Gasteiger partial charge in [0.15, 0.2) is 0 Å². The van der Waals surface area contributed by atoms with E-state index >= 15 is 0 Å². The van der Waals surface area contributed by atoms with E-state index in [1.54, 1.807) is 6.08 Å². The first-order valence-corrected chi connectivity index (χ1v) is 4.24. The lowest BCUT2D eigenvalue weighted by Gasteiger charge is -1.95. The van der Waals surface area contributed by atoms with Crippen molar-refractivity contribution in [3.63, 3.8) is 0 Å². The van der Waals surface area contributed by atoms with E-state index in [9.17, 15) is 9.59 Å². The zero-order valence-electron chi connectivity index (χ0n) is 7.36. The van der Waals surface area contributed by atoms with Crippen LogP contribution in [0.25, 0.3) is 6.08 Å². The van der Waals surface area contributed by atoms with Gasteiger partial charge in [0, 0.05) is 12.0 Å². The molecule has 0 saturated heterocycles. The molecule has 0 aromatic heterocycles. The summed E-state index contributed by atoms with van der Waals surface area (Å²) in [5, 5.41) is 8.53. The molecule has 1 aliphatic rings. The second-order valence-electron chi connectivity index (χ2n) is 3.18. The van der Waals surface area contributed by atoms with Crippen molar-refractivity contribution in [3.8, 4) is 0 Å². The van der Waals surface area contributed by atoms with E-state index in [4.69, 9.17) is 5.11 Å². The second kappa shape index (κ2) is 3.10. The van der Waals surface area contributed by atoms with Gasteiger partial charge in [-0.05, 0) is 17.2 Å². The molecule has 70 valence electrons. The Balaban J connectivity index is 2.32. The highest BCUT2D eigenvalue weighted by molar-refractivity contribution is 6.41. The van der Waals surface area contributed by atoms with Crippen molar-refractivity contribution in [1.82, 2.24) is 0 Å². The number of carbonyl (C=O) groups excluding carboxylic acids is 1. The first kappa shape index (κ1) is 8.69. The van der Waals surface area contributed by atoms with E-state index in [2.05, 4.69) is 0 Å². The fourth-order valence-corrected chi connectivity index (χ4v) is 1.56. The Morgan fingerprint density at radius 2 is 1.93 bits per heavy atom. The molecule has 1 aliphatic carbocycles. The molecular weight excluding hydrogens is 180 g/mol. The van der Waals surface area contributed by atoms with Gasteiger partial charge in [0.1, 0.15) is 0 Å². The topological polar surface area (TPSA) is 54.4 Å². The summed E-state index contributed by atoms with van der Waals surface area (Å²) in [5.41, 5.74) is 2.31. The van der Waals surface area contributed by atoms with Crippen LogP contribution >= 0.6 is 0 Å². The third-order valence-corrected chi connectivity index (χ3v) is 2.25. The van der Waals surface area contributed by atoms with Crippen LogP contribution in [0.3, 0.4) is 0 Å². The Hall–Kier alpha value is -1.90. The maximum Gasteiger partial charge on any atom is 0.376 e. The van der Waals surface area contributed by atoms with E-state index in [1.165, 1.54) is 0 Å². The smallest absolute Gasteiger partial charge is 0.376 e. The summed E-state index contributed by atoms with van der Waals surface area (Å²) in [6, 6.07) is 7.51. The summed E-state index contributed by atoms with van der Waals surface area (Å²) < 4.78 is 0. The lowest BCUT2D eigenvalue weighted by Crippen LogP contribution is -2.14. The average Bonchev–Trinajstić information content (AvgIpc) is 2.59. The summed E-state index contributed by atoms with van der Waals surface area (Å²) in [7, 11) is 0. The van der Waals surface area contributed by atoms with Crippen LogP contribution < -0.4 is 0 Å². The van der Waals surface area contributed by atoms with Gasteiger partial charge in [-0.2, -0.15) is 0 Å². The lowest BCUT2D eigenvalue weighted by atomic mass is 10.1. The number of carbonyl (C=O) groups is 2. The van der Waals surface area contributed by atoms with Crippen LogP contribution in [0.15, 0.2) is 29.8 Å². The number of fused-ring (bicyclic) bond motifs is 1. The van der Waals surface area contributed by atoms with E-state index < -0.39 is 11.8 Å². The van der Waals surface area contributed by atoms with Gasteiger partial charge in [0.25, 0.3) is 5.78 Å². The zero-order chi connectivity index (χ0) is 10.1. The normalized spacial score (nSPS) is 13.3. The van der Waals surface area contributed by atoms with Gasteiger partial charge in [-0.3, -0.25) is 4.79 Å². The largest absolute Gasteiger partial charge is 0.475 e. The van der Waals surface area contributed by atoms with Crippen molar-refractivity contribution < 1.29 is 14.7 Å². The number of benzene rings is 1. The minimum atomic E-state index is -1.39. The molecule has 1 aromatic rings. The monoisotopic (exact) mass is 188 g/mol. The molecule has 0 atom stereocenters. The molecule has 0 spiro atoms. The molecule has 0 unspecified atom stereocenters. The van der Waals surface area contributed by atoms with Crippen molar-refractivity contribution >= 4 is 17.8 Å². The molecule has 2 rings (SSSR count). The Morgan fingerprint density at radius 1 is 1.21 bits per heavy atom. The highest BCUT2D eigenvalue weighted by Crippen LogP contribution is 2.24. The molecule has 0 fully saturated rings. The van der Waals surface area contributed by atoms with Gasteiger partial charge in [-0.15, -0.1) is 0 Å². The lowest BCUT2D eigenvalue weighted by molar-refractivity contribution is -0.147. The van der Waals surface area contributed by atoms with Crippen LogP contribution in [0, 0.1) is 0 Å². The Morgan fingerprint density at radius 3 is 2.57 bits per heavy atom. The summed E-state index contributed by atoms with van der Waals surface area (Å²) in [6.07, 6.45) is 2.08. The van der Waals surface area contributed by atoms with Gasteiger partial charge in [-0.25, -0.2) is 4.79 Å². The predicted molar refractivity (Wildman–Crippen MR) is 50.8 cm³/mol. The number of carboxylic acid groups (broad SMARTS) is 1. The molecule has 0 saturated carbocycles. The highest BCUT2D eigenvalue weighted by Gasteiger charge is 2.22. The van der Waals surface area contributed by atoms with Crippen molar-refractivity contribution in [2.75, 3.05) is 0 Å². The van der Waals surface area contributed by atoms with Crippen molar-refractivity contribution in [1.29, 1.82) is 0 Å². The number of hydrogen-bond donors (Lipinski definition) is 1. The quantitative estimate of drug-likeness (QED) is 0.711. The van der Waals surface area contributed by atoms with Crippen LogP contribution in [0.2, 0.25) is 0 Å². The molecule has 14 heavy (non-hydrogen) atoms. The number of aliphatic carboxylic acids is 1. The van der Waals surface area contributed by atoms with E-state index in [-0.39, 0.29) is 0 Å². The zero-order valence-corrected chi connectivity index (χ0v) is 7.36. The molecule has 1 aromatic carbocycles. The number of hydrogen-bond acceptors (Lipinski definition) is 2. The first-order chi connectivity index (χ1) is 6.68. The molecule has 0 radical (unpaired) electrons. The van der Waals surface area contributed by atoms with Crippen LogP contribution in [0.4, 0.5) is 0 Å². The molecule has 0 aliphatic heterocycles. The van der Waals surface area contributed by atoms with Gasteiger partial charge in [-0.1, -0.05) is 24.3 Å². The van der Waals surface area contributed by atoms with Crippen LogP contribution in [-0.4, -0.2) is 16.9 Å². The second-order valence-corrected chi connectivity index (χ2v) is 3.18. The van der Waals surface area contributed by atoms with Crippen LogP contribution in [-0.2, 0) is 16.0 Å². The van der Waals surface area contributed by atoms with Crippen molar-refractivity contribution in [2.45, 2.75) is 6.42 Å². The number of ketones is 1. The van der Waals surface area contributed by atoms with Crippen LogP contribution in [0.5, 0.6) is 0 Å². The summed E-state index contributed by atoms with van der Waals surface area (Å²) >= 11 is 0. The predicted octanol–water partition coefficient (Wildman–Crippen LogP) is 1.28. The third kappa shape index (κ3) is 1.33. The molecule has 3 heteroatoms. The minimum absolute atomic E-state index is 0.360. The molecule has 1 N–H and O–H groups in total. The Labute approximate surface area is 80.7 Å². The van der Waals surface area contributed by atoms with Gasteiger partial charge in [0.2, 0.25) is 0 Å². The minimum Gasteiger partial charge on any atom is -0.475 e. The van der Waals surface area contributed by atoms with E-state index in [1.807, 2.05) is 24.3 Å². The molecular formula is C11H8O3. The standard InChI is InChI=1S/C11H8O3/c12-10(11(13)14)9-5-7-3-1-2-4-8(7)6-9/h1-5H,6H2,(H,13,14). The SMILES string of the molecule is O=C(O)C(=O)C1=Cc2ccccc2C1. The van der Waals surface area contributed by atoms with Gasteiger partial charge >= 0.3 is 5.97 Å². The van der Waals surface area contributed by atoms with Crippen molar-refractivity contribution in [2.24, 2.45) is 0 Å². The van der Waals surface area contributed by atoms with Gasteiger partial charge < -0.3 is 5.11 Å². The maximum absolute atomic E-state index is 11.1. The molecule has 0 bridgehead atoms. The molecule has 0 heterocycles. The average molecular weight is 188 g/mol. The van der Waals surface area contributed by atoms with Crippen LogP contribution in [0.1, 0.15) is 11.1 Å². The maximum atomic E-state index is 11.1. The fraction of sp³-hybridized carbons (Fsp3) is 0.0909. The Bertz CT molecular complexity index is 444. The Kier molecular flexibility index (Phi) is 1.93. The summed E-state index contributed by atoms with van der Waals surface area (Å²) in [4.78, 5) is 21.6. The van der Waals surface area contributed by atoms with Gasteiger partial charge in [0.05, 0.1) is 0 Å². The van der Waals surface area contributed by atoms with E-state index in [0.29, 0.717) is 12.0 Å².